The van der Waals surface area contributed by atoms with Crippen molar-refractivity contribution in [3.05, 3.63) is 59.7 Å². The lowest BCUT2D eigenvalue weighted by Crippen LogP contribution is -2.42. The number of rotatable bonds is 10. The van der Waals surface area contributed by atoms with E-state index in [-0.39, 0.29) is 37.3 Å². The number of nitrogens with one attached hydrogen (secondary N) is 2. The van der Waals surface area contributed by atoms with Crippen molar-refractivity contribution in [3.8, 4) is 11.1 Å². The topological polar surface area (TPSA) is 105 Å². The minimum absolute atomic E-state index is 0.00933. The zero-order chi connectivity index (χ0) is 23.7. The third kappa shape index (κ3) is 4.65. The summed E-state index contributed by atoms with van der Waals surface area (Å²) in [6.07, 6.45) is 3.02. The van der Waals surface area contributed by atoms with Crippen LogP contribution in [-0.2, 0) is 14.3 Å². The number of carboxylic acid groups (broad SMARTS) is 1. The SMILES string of the molecule is O=C(O)CC(CNC(=O)C1(CNC(=O)OCC2c3ccccc3-c3ccccc32)CC1)C1CC1. The van der Waals surface area contributed by atoms with Gasteiger partial charge in [-0.05, 0) is 59.8 Å². The monoisotopic (exact) mass is 462 g/mol. The second-order valence-corrected chi connectivity index (χ2v) is 9.86. The Morgan fingerprint density at radius 1 is 0.971 bits per heavy atom. The summed E-state index contributed by atoms with van der Waals surface area (Å²) in [6.45, 7) is 0.836. The number of carboxylic acids is 1. The van der Waals surface area contributed by atoms with Crippen molar-refractivity contribution < 1.29 is 24.2 Å². The molecule has 2 amide bonds. The molecule has 2 fully saturated rings. The Hall–Kier alpha value is -3.35. The first-order valence-electron chi connectivity index (χ1n) is 12.1. The molecular formula is C27H30N2O5. The van der Waals surface area contributed by atoms with Gasteiger partial charge in [-0.1, -0.05) is 48.5 Å². The molecule has 0 aliphatic heterocycles. The molecule has 0 aromatic heterocycles. The normalized spacial score (nSPS) is 18.4. The van der Waals surface area contributed by atoms with E-state index in [1.807, 2.05) is 24.3 Å². The van der Waals surface area contributed by atoms with Crippen molar-refractivity contribution in [1.82, 2.24) is 10.6 Å². The van der Waals surface area contributed by atoms with E-state index in [1.165, 1.54) is 11.1 Å². The van der Waals surface area contributed by atoms with E-state index in [0.717, 1.165) is 24.0 Å². The van der Waals surface area contributed by atoms with Crippen molar-refractivity contribution in [2.45, 2.75) is 38.0 Å². The van der Waals surface area contributed by atoms with Crippen LogP contribution in [0.2, 0.25) is 0 Å². The number of amides is 2. The molecule has 1 unspecified atom stereocenters. The molecule has 0 saturated heterocycles. The number of hydrogen-bond donors (Lipinski definition) is 3. The Balaban J connectivity index is 1.12. The number of fused-ring (bicyclic) bond motifs is 3. The Morgan fingerprint density at radius 3 is 2.15 bits per heavy atom. The van der Waals surface area contributed by atoms with Gasteiger partial charge in [0.2, 0.25) is 5.91 Å². The average Bonchev–Trinajstić information content (AvgIpc) is 3.76. The Kier molecular flexibility index (Phi) is 6.02. The van der Waals surface area contributed by atoms with Crippen LogP contribution >= 0.6 is 0 Å². The molecule has 3 N–H and O–H groups in total. The predicted octanol–water partition coefficient (Wildman–Crippen LogP) is 3.92. The van der Waals surface area contributed by atoms with Gasteiger partial charge in [-0.25, -0.2) is 4.79 Å². The summed E-state index contributed by atoms with van der Waals surface area (Å²) >= 11 is 0. The van der Waals surface area contributed by atoms with Crippen LogP contribution in [0.5, 0.6) is 0 Å². The van der Waals surface area contributed by atoms with Crippen molar-refractivity contribution in [2.75, 3.05) is 19.7 Å². The number of aliphatic carboxylic acids is 1. The molecule has 2 aromatic rings. The maximum atomic E-state index is 12.8. The van der Waals surface area contributed by atoms with Crippen LogP contribution in [0.1, 0.15) is 49.1 Å². The number of hydrogen-bond acceptors (Lipinski definition) is 4. The second kappa shape index (κ2) is 9.12. The molecule has 0 radical (unpaired) electrons. The van der Waals surface area contributed by atoms with E-state index in [4.69, 9.17) is 9.84 Å². The van der Waals surface area contributed by atoms with Gasteiger partial charge in [-0.2, -0.15) is 0 Å². The van der Waals surface area contributed by atoms with Crippen molar-refractivity contribution in [3.63, 3.8) is 0 Å². The Bertz CT molecular complexity index is 1060. The molecule has 178 valence electrons. The molecule has 7 nitrogen and oxygen atoms in total. The molecule has 0 spiro atoms. The zero-order valence-corrected chi connectivity index (χ0v) is 19.1. The molecule has 0 heterocycles. The minimum Gasteiger partial charge on any atom is -0.481 e. The smallest absolute Gasteiger partial charge is 0.407 e. The molecule has 7 heteroatoms. The lowest BCUT2D eigenvalue weighted by molar-refractivity contribution is -0.138. The van der Waals surface area contributed by atoms with E-state index in [1.54, 1.807) is 0 Å². The summed E-state index contributed by atoms with van der Waals surface area (Å²) in [7, 11) is 0. The van der Waals surface area contributed by atoms with Crippen LogP contribution in [0, 0.1) is 17.3 Å². The van der Waals surface area contributed by atoms with Crippen molar-refractivity contribution in [2.24, 2.45) is 17.3 Å². The summed E-state index contributed by atoms with van der Waals surface area (Å²) in [6, 6.07) is 16.4. The molecule has 34 heavy (non-hydrogen) atoms. The van der Waals surface area contributed by atoms with Crippen LogP contribution in [0.15, 0.2) is 48.5 Å². The fraction of sp³-hybridized carbons (Fsp3) is 0.444. The maximum Gasteiger partial charge on any atom is 0.407 e. The summed E-state index contributed by atoms with van der Waals surface area (Å²) < 4.78 is 5.58. The van der Waals surface area contributed by atoms with Crippen LogP contribution in [0.25, 0.3) is 11.1 Å². The van der Waals surface area contributed by atoms with E-state index in [9.17, 15) is 14.4 Å². The molecule has 2 aromatic carbocycles. The zero-order valence-electron chi connectivity index (χ0n) is 19.1. The Morgan fingerprint density at radius 2 is 1.59 bits per heavy atom. The fourth-order valence-electron chi connectivity index (χ4n) is 5.13. The third-order valence-electron chi connectivity index (χ3n) is 7.50. The van der Waals surface area contributed by atoms with E-state index in [0.29, 0.717) is 25.3 Å². The number of alkyl carbamates (subject to hydrolysis) is 1. The maximum absolute atomic E-state index is 12.8. The summed E-state index contributed by atoms with van der Waals surface area (Å²) in [5.41, 5.74) is 4.05. The van der Waals surface area contributed by atoms with Gasteiger partial charge >= 0.3 is 12.1 Å². The Labute approximate surface area is 198 Å². The van der Waals surface area contributed by atoms with Crippen LogP contribution in [0.4, 0.5) is 4.79 Å². The first kappa shape index (κ1) is 22.4. The highest BCUT2D eigenvalue weighted by molar-refractivity contribution is 5.86. The summed E-state index contributed by atoms with van der Waals surface area (Å²) in [5.74, 6) is -0.575. The predicted molar refractivity (Wildman–Crippen MR) is 126 cm³/mol. The van der Waals surface area contributed by atoms with Crippen LogP contribution in [-0.4, -0.2) is 42.8 Å². The molecule has 1 atom stereocenters. The van der Waals surface area contributed by atoms with Gasteiger partial charge in [-0.15, -0.1) is 0 Å². The van der Waals surface area contributed by atoms with Crippen molar-refractivity contribution >= 4 is 18.0 Å². The van der Waals surface area contributed by atoms with Gasteiger partial charge in [0.05, 0.1) is 11.8 Å². The van der Waals surface area contributed by atoms with Gasteiger partial charge in [-0.3, -0.25) is 9.59 Å². The summed E-state index contributed by atoms with van der Waals surface area (Å²) in [4.78, 5) is 36.3. The lowest BCUT2D eigenvalue weighted by Gasteiger charge is -2.20. The third-order valence-corrected chi connectivity index (χ3v) is 7.50. The molecule has 3 aliphatic carbocycles. The lowest BCUT2D eigenvalue weighted by atomic mass is 9.98. The number of carbonyl (C=O) groups is 3. The summed E-state index contributed by atoms with van der Waals surface area (Å²) in [5, 5.41) is 14.8. The number of benzene rings is 2. The molecule has 5 rings (SSSR count). The highest BCUT2D eigenvalue weighted by Crippen LogP contribution is 2.46. The molecular weight excluding hydrogens is 432 g/mol. The highest BCUT2D eigenvalue weighted by Gasteiger charge is 2.50. The van der Waals surface area contributed by atoms with Gasteiger partial charge in [0.25, 0.3) is 0 Å². The molecule has 2 saturated carbocycles. The van der Waals surface area contributed by atoms with E-state index < -0.39 is 17.5 Å². The first-order chi connectivity index (χ1) is 16.5. The van der Waals surface area contributed by atoms with Crippen LogP contribution in [0.3, 0.4) is 0 Å². The van der Waals surface area contributed by atoms with Gasteiger partial charge < -0.3 is 20.5 Å². The van der Waals surface area contributed by atoms with E-state index in [2.05, 4.69) is 34.9 Å². The minimum atomic E-state index is -0.829. The van der Waals surface area contributed by atoms with Crippen molar-refractivity contribution in [1.29, 1.82) is 0 Å². The molecule has 0 bridgehead atoms. The van der Waals surface area contributed by atoms with E-state index >= 15 is 0 Å². The van der Waals surface area contributed by atoms with Gasteiger partial charge in [0.1, 0.15) is 6.61 Å². The highest BCUT2D eigenvalue weighted by atomic mass is 16.5. The standard InChI is InChI=1S/C27H30N2O5/c30-24(31)13-18(17-9-10-17)14-28-25(32)27(11-12-27)16-29-26(33)34-15-23-21-7-3-1-5-19(21)20-6-2-4-8-22(20)23/h1-8,17-18,23H,9-16H2,(H,28,32)(H,29,33)(H,30,31). The number of ether oxygens (including phenoxy) is 1. The largest absolute Gasteiger partial charge is 0.481 e. The van der Waals surface area contributed by atoms with Gasteiger partial charge in [0, 0.05) is 19.0 Å². The van der Waals surface area contributed by atoms with Crippen LogP contribution < -0.4 is 10.6 Å². The average molecular weight is 463 g/mol. The van der Waals surface area contributed by atoms with Gasteiger partial charge in [0.15, 0.2) is 0 Å². The molecule has 3 aliphatic rings. The first-order valence-corrected chi connectivity index (χ1v) is 12.1. The number of carbonyl (C=O) groups excluding carboxylic acids is 2. The fourth-order valence-corrected chi connectivity index (χ4v) is 5.13. The quantitative estimate of drug-likeness (QED) is 0.496. The second-order valence-electron chi connectivity index (χ2n) is 9.86.